The summed E-state index contributed by atoms with van der Waals surface area (Å²) in [6.45, 7) is 1.46. The van der Waals surface area contributed by atoms with Crippen LogP contribution in [0.25, 0.3) is 0 Å². The second kappa shape index (κ2) is 3.03. The lowest BCUT2D eigenvalue weighted by molar-refractivity contribution is -0.131. The third-order valence-electron chi connectivity index (χ3n) is 2.67. The van der Waals surface area contributed by atoms with Gasteiger partial charge in [-0.1, -0.05) is 0 Å². The Balaban J connectivity index is 1.93. The molecule has 4 heteroatoms. The van der Waals surface area contributed by atoms with E-state index in [1.54, 1.807) is 0 Å². The molecule has 0 aromatic carbocycles. The molecule has 2 heterocycles. The van der Waals surface area contributed by atoms with Crippen molar-refractivity contribution in [2.75, 3.05) is 19.8 Å². The molecular formula is C8H13NO3. The molecule has 2 fully saturated rings. The smallest absolute Gasteiger partial charge is 0.223 e. The highest BCUT2D eigenvalue weighted by atomic mass is 16.5. The fourth-order valence-electron chi connectivity index (χ4n) is 1.79. The third-order valence-corrected chi connectivity index (χ3v) is 2.67. The van der Waals surface area contributed by atoms with Gasteiger partial charge in [0.1, 0.15) is 0 Å². The van der Waals surface area contributed by atoms with Gasteiger partial charge in [0.05, 0.1) is 25.9 Å². The van der Waals surface area contributed by atoms with Gasteiger partial charge >= 0.3 is 0 Å². The van der Waals surface area contributed by atoms with Crippen LogP contribution >= 0.6 is 0 Å². The Labute approximate surface area is 70.9 Å². The van der Waals surface area contributed by atoms with Gasteiger partial charge in [0.2, 0.25) is 5.91 Å². The van der Waals surface area contributed by atoms with Crippen LogP contribution in [-0.2, 0) is 9.53 Å². The van der Waals surface area contributed by atoms with Gasteiger partial charge in [0, 0.05) is 11.8 Å². The highest BCUT2D eigenvalue weighted by molar-refractivity contribution is 5.81. The molecule has 2 aliphatic rings. The van der Waals surface area contributed by atoms with Gasteiger partial charge in [-0.15, -0.1) is 0 Å². The third kappa shape index (κ3) is 1.21. The molecule has 0 unspecified atom stereocenters. The van der Waals surface area contributed by atoms with Crippen molar-refractivity contribution in [2.45, 2.75) is 12.5 Å². The van der Waals surface area contributed by atoms with Crippen LogP contribution in [0.15, 0.2) is 0 Å². The van der Waals surface area contributed by atoms with Crippen molar-refractivity contribution in [3.63, 3.8) is 0 Å². The monoisotopic (exact) mass is 171 g/mol. The predicted molar refractivity (Wildman–Crippen MR) is 41.4 cm³/mol. The molecule has 12 heavy (non-hydrogen) atoms. The molecular weight excluding hydrogens is 158 g/mol. The number of hydrogen-bond donors (Lipinski definition) is 2. The molecule has 68 valence electrons. The van der Waals surface area contributed by atoms with Gasteiger partial charge in [-0.2, -0.15) is 0 Å². The first-order valence-corrected chi connectivity index (χ1v) is 4.30. The van der Waals surface area contributed by atoms with Crippen molar-refractivity contribution in [2.24, 2.45) is 11.8 Å². The Morgan fingerprint density at radius 1 is 1.58 bits per heavy atom. The van der Waals surface area contributed by atoms with Crippen LogP contribution in [0.1, 0.15) is 6.42 Å². The second-order valence-corrected chi connectivity index (χ2v) is 3.53. The minimum absolute atomic E-state index is 0.0249. The Morgan fingerprint density at radius 2 is 2.33 bits per heavy atom. The van der Waals surface area contributed by atoms with Gasteiger partial charge < -0.3 is 15.2 Å². The normalized spacial score (nSPS) is 36.2. The number of hydrogen-bond acceptors (Lipinski definition) is 3. The van der Waals surface area contributed by atoms with Crippen molar-refractivity contribution in [3.8, 4) is 0 Å². The zero-order valence-electron chi connectivity index (χ0n) is 6.82. The summed E-state index contributed by atoms with van der Waals surface area (Å²) in [6.07, 6.45) is 0.767. The van der Waals surface area contributed by atoms with Gasteiger partial charge in [-0.3, -0.25) is 4.79 Å². The first-order valence-electron chi connectivity index (χ1n) is 4.30. The van der Waals surface area contributed by atoms with Crippen molar-refractivity contribution >= 4 is 5.91 Å². The Morgan fingerprint density at radius 3 is 2.75 bits per heavy atom. The molecule has 1 amide bonds. The fourth-order valence-corrected chi connectivity index (χ4v) is 1.79. The molecule has 0 aromatic rings. The Bertz CT molecular complexity index is 191. The van der Waals surface area contributed by atoms with E-state index < -0.39 is 0 Å². The van der Waals surface area contributed by atoms with Crippen molar-refractivity contribution in [1.82, 2.24) is 5.32 Å². The first-order chi connectivity index (χ1) is 5.81. The average molecular weight is 171 g/mol. The lowest BCUT2D eigenvalue weighted by Crippen LogP contribution is -2.38. The fraction of sp³-hybridized carbons (Fsp3) is 0.875. The molecule has 2 N–H and O–H groups in total. The maximum absolute atomic E-state index is 11.3. The van der Waals surface area contributed by atoms with Gasteiger partial charge in [-0.05, 0) is 6.42 Å². The summed E-state index contributed by atoms with van der Waals surface area (Å²) in [5.74, 6) is 0.555. The van der Waals surface area contributed by atoms with Crippen LogP contribution in [-0.4, -0.2) is 36.9 Å². The van der Waals surface area contributed by atoms with Crippen LogP contribution in [0.2, 0.25) is 0 Å². The van der Waals surface area contributed by atoms with Crippen LogP contribution in [0.3, 0.4) is 0 Å². The zero-order chi connectivity index (χ0) is 8.55. The van der Waals surface area contributed by atoms with E-state index in [1.165, 1.54) is 0 Å². The number of carbonyl (C=O) groups is 1. The molecule has 2 saturated heterocycles. The topological polar surface area (TPSA) is 58.6 Å². The van der Waals surface area contributed by atoms with Crippen molar-refractivity contribution in [1.29, 1.82) is 0 Å². The molecule has 4 nitrogen and oxygen atoms in total. The number of nitrogens with one attached hydrogen (secondary N) is 1. The molecule has 2 rings (SSSR count). The molecule has 0 saturated carbocycles. The summed E-state index contributed by atoms with van der Waals surface area (Å²) >= 11 is 0. The Kier molecular flexibility index (Phi) is 2.02. The molecule has 2 atom stereocenters. The number of aliphatic hydroxyl groups is 1. The van der Waals surface area contributed by atoms with E-state index in [2.05, 4.69) is 5.32 Å². The summed E-state index contributed by atoms with van der Waals surface area (Å²) in [6, 6.07) is -0.0249. The maximum atomic E-state index is 11.3. The predicted octanol–water partition coefficient (Wildman–Crippen LogP) is -0.870. The van der Waals surface area contributed by atoms with Gasteiger partial charge in [-0.25, -0.2) is 0 Å². The van der Waals surface area contributed by atoms with Crippen LogP contribution in [0, 0.1) is 11.8 Å². The highest BCUT2D eigenvalue weighted by Crippen LogP contribution is 2.28. The first kappa shape index (κ1) is 8.01. The van der Waals surface area contributed by atoms with E-state index in [9.17, 15) is 4.79 Å². The standard InChI is InChI=1S/C8H13NO3/c10-2-6-1-7(8(11)9-6)5-3-12-4-5/h5-7,10H,1-4H2,(H,9,11)/t6-,7+/m0/s1. The number of ether oxygens (including phenoxy) is 1. The van der Waals surface area contributed by atoms with Crippen LogP contribution < -0.4 is 5.32 Å². The number of amides is 1. The maximum Gasteiger partial charge on any atom is 0.223 e. The number of aliphatic hydroxyl groups excluding tert-OH is 1. The number of rotatable bonds is 2. The van der Waals surface area contributed by atoms with E-state index in [0.29, 0.717) is 19.1 Å². The molecule has 0 spiro atoms. The van der Waals surface area contributed by atoms with E-state index in [1.807, 2.05) is 0 Å². The quantitative estimate of drug-likeness (QED) is 0.568. The second-order valence-electron chi connectivity index (χ2n) is 3.53. The summed E-state index contributed by atoms with van der Waals surface area (Å²) in [4.78, 5) is 11.3. The summed E-state index contributed by atoms with van der Waals surface area (Å²) in [5.41, 5.74) is 0. The summed E-state index contributed by atoms with van der Waals surface area (Å²) < 4.78 is 5.02. The molecule has 0 bridgehead atoms. The molecule has 2 aliphatic heterocycles. The lowest BCUT2D eigenvalue weighted by Gasteiger charge is -2.29. The minimum Gasteiger partial charge on any atom is -0.394 e. The molecule has 0 radical (unpaired) electrons. The van der Waals surface area contributed by atoms with E-state index in [4.69, 9.17) is 9.84 Å². The Hall–Kier alpha value is -0.610. The average Bonchev–Trinajstić information content (AvgIpc) is 2.29. The highest BCUT2D eigenvalue weighted by Gasteiger charge is 2.40. The summed E-state index contributed by atoms with van der Waals surface area (Å²) in [5, 5.41) is 11.6. The number of carbonyl (C=O) groups excluding carboxylic acids is 1. The van der Waals surface area contributed by atoms with E-state index >= 15 is 0 Å². The van der Waals surface area contributed by atoms with Crippen molar-refractivity contribution < 1.29 is 14.6 Å². The molecule has 0 aliphatic carbocycles. The van der Waals surface area contributed by atoms with E-state index in [0.717, 1.165) is 6.42 Å². The largest absolute Gasteiger partial charge is 0.394 e. The summed E-state index contributed by atoms with van der Waals surface area (Å²) in [7, 11) is 0. The molecule has 0 aromatic heterocycles. The van der Waals surface area contributed by atoms with Crippen LogP contribution in [0.4, 0.5) is 0 Å². The van der Waals surface area contributed by atoms with Gasteiger partial charge in [0.15, 0.2) is 0 Å². The van der Waals surface area contributed by atoms with Crippen molar-refractivity contribution in [3.05, 3.63) is 0 Å². The van der Waals surface area contributed by atoms with E-state index in [-0.39, 0.29) is 24.5 Å². The van der Waals surface area contributed by atoms with Gasteiger partial charge in [0.25, 0.3) is 0 Å². The SMILES string of the molecule is O=C1N[C@H](CO)C[C@@H]1C1COC1. The zero-order valence-corrected chi connectivity index (χ0v) is 6.82. The lowest BCUT2D eigenvalue weighted by atomic mass is 9.88. The van der Waals surface area contributed by atoms with Crippen LogP contribution in [0.5, 0.6) is 0 Å². The minimum atomic E-state index is -0.0249.